The second-order valence-corrected chi connectivity index (χ2v) is 4.17. The number of aryl methyl sites for hydroxylation is 1. The third-order valence-electron chi connectivity index (χ3n) is 2.47. The molecule has 2 aromatic rings. The largest absolute Gasteiger partial charge is 0.460 e. The van der Waals surface area contributed by atoms with E-state index < -0.39 is 0 Å². The normalized spacial score (nSPS) is 10.1. The number of halogens is 2. The highest BCUT2D eigenvalue weighted by atomic mass is 35.5. The van der Waals surface area contributed by atoms with Gasteiger partial charge >= 0.3 is 0 Å². The molecule has 0 saturated carbocycles. The van der Waals surface area contributed by atoms with Crippen LogP contribution in [0.1, 0.15) is 11.3 Å². The van der Waals surface area contributed by atoms with Crippen LogP contribution in [0, 0.1) is 6.92 Å². The zero-order valence-corrected chi connectivity index (χ0v) is 11.4. The summed E-state index contributed by atoms with van der Waals surface area (Å²) < 4.78 is 5.68. The first-order valence-electron chi connectivity index (χ1n) is 5.20. The lowest BCUT2D eigenvalue weighted by molar-refractivity contribution is 0.507. The van der Waals surface area contributed by atoms with E-state index in [-0.39, 0.29) is 12.4 Å². The molecule has 1 N–H and O–H groups in total. The fraction of sp³-hybridized carbons (Fsp3) is 0.231. The van der Waals surface area contributed by atoms with Gasteiger partial charge in [0, 0.05) is 10.6 Å². The Kier molecular flexibility index (Phi) is 5.06. The molecule has 4 heteroatoms. The molecule has 0 spiro atoms. The van der Waals surface area contributed by atoms with Crippen LogP contribution in [0.15, 0.2) is 34.7 Å². The molecule has 0 bridgehead atoms. The molecule has 0 unspecified atom stereocenters. The summed E-state index contributed by atoms with van der Waals surface area (Å²) in [5, 5.41) is 3.82. The quantitative estimate of drug-likeness (QED) is 0.911. The second-order valence-electron chi connectivity index (χ2n) is 3.76. The molecule has 0 atom stereocenters. The summed E-state index contributed by atoms with van der Waals surface area (Å²) in [6.45, 7) is 2.72. The summed E-state index contributed by atoms with van der Waals surface area (Å²) >= 11 is 6.08. The fourth-order valence-corrected chi connectivity index (χ4v) is 1.73. The van der Waals surface area contributed by atoms with Gasteiger partial charge in [-0.1, -0.05) is 23.7 Å². The van der Waals surface area contributed by atoms with Gasteiger partial charge in [-0.05, 0) is 37.7 Å². The fourth-order valence-electron chi connectivity index (χ4n) is 1.55. The van der Waals surface area contributed by atoms with E-state index in [1.165, 1.54) is 0 Å². The summed E-state index contributed by atoms with van der Waals surface area (Å²) in [5.41, 5.74) is 2.09. The maximum absolute atomic E-state index is 6.08. The Balaban J connectivity index is 0.00000144. The van der Waals surface area contributed by atoms with Gasteiger partial charge in [0.15, 0.2) is 0 Å². The van der Waals surface area contributed by atoms with Crippen molar-refractivity contribution in [3.8, 4) is 11.3 Å². The van der Waals surface area contributed by atoms with E-state index in [0.717, 1.165) is 34.2 Å². The maximum atomic E-state index is 6.08. The second kappa shape index (κ2) is 6.10. The Morgan fingerprint density at radius 3 is 2.65 bits per heavy atom. The van der Waals surface area contributed by atoms with Crippen molar-refractivity contribution < 1.29 is 4.42 Å². The first-order chi connectivity index (χ1) is 7.70. The molecule has 17 heavy (non-hydrogen) atoms. The number of rotatable bonds is 3. The highest BCUT2D eigenvalue weighted by Gasteiger charge is 2.05. The Morgan fingerprint density at radius 1 is 1.24 bits per heavy atom. The standard InChI is InChI=1S/C13H14ClNO.ClH/c1-9-3-4-10(7-12(9)14)13-6-5-11(16-13)8-15-2;/h3-7,15H,8H2,1-2H3;1H. The number of nitrogens with one attached hydrogen (secondary N) is 1. The van der Waals surface area contributed by atoms with Crippen molar-refractivity contribution in [2.45, 2.75) is 13.5 Å². The average Bonchev–Trinajstić information content (AvgIpc) is 2.71. The van der Waals surface area contributed by atoms with Crippen LogP contribution in [0.3, 0.4) is 0 Å². The molecule has 2 nitrogen and oxygen atoms in total. The van der Waals surface area contributed by atoms with E-state index in [0.29, 0.717) is 0 Å². The molecule has 0 fully saturated rings. The molecule has 0 amide bonds. The highest BCUT2D eigenvalue weighted by molar-refractivity contribution is 6.31. The van der Waals surface area contributed by atoms with Crippen LogP contribution < -0.4 is 5.32 Å². The van der Waals surface area contributed by atoms with E-state index in [2.05, 4.69) is 5.32 Å². The van der Waals surface area contributed by atoms with Crippen LogP contribution in [0.5, 0.6) is 0 Å². The van der Waals surface area contributed by atoms with Gasteiger partial charge in [-0.3, -0.25) is 0 Å². The van der Waals surface area contributed by atoms with E-state index in [4.69, 9.17) is 16.0 Å². The van der Waals surface area contributed by atoms with Crippen LogP contribution in [-0.4, -0.2) is 7.05 Å². The van der Waals surface area contributed by atoms with Crippen molar-refractivity contribution in [3.05, 3.63) is 46.7 Å². The van der Waals surface area contributed by atoms with Crippen molar-refractivity contribution in [1.29, 1.82) is 0 Å². The van der Waals surface area contributed by atoms with Crippen LogP contribution in [-0.2, 0) is 6.54 Å². The molecule has 92 valence electrons. The maximum Gasteiger partial charge on any atom is 0.134 e. The zero-order valence-electron chi connectivity index (χ0n) is 9.79. The molecule has 0 aliphatic carbocycles. The predicted molar refractivity (Wildman–Crippen MR) is 73.9 cm³/mol. The van der Waals surface area contributed by atoms with Crippen molar-refractivity contribution >= 4 is 24.0 Å². The zero-order chi connectivity index (χ0) is 11.5. The molecular weight excluding hydrogens is 257 g/mol. The van der Waals surface area contributed by atoms with E-state index in [1.807, 2.05) is 44.3 Å². The molecule has 0 saturated heterocycles. The number of furan rings is 1. The lowest BCUT2D eigenvalue weighted by Gasteiger charge is -2.01. The first kappa shape index (κ1) is 14.1. The Labute approximate surface area is 112 Å². The molecule has 1 aromatic carbocycles. The minimum atomic E-state index is 0. The molecule has 0 radical (unpaired) electrons. The lowest BCUT2D eigenvalue weighted by atomic mass is 10.1. The summed E-state index contributed by atoms with van der Waals surface area (Å²) in [6.07, 6.45) is 0. The van der Waals surface area contributed by atoms with Crippen molar-refractivity contribution in [2.75, 3.05) is 7.05 Å². The van der Waals surface area contributed by atoms with E-state index in [9.17, 15) is 0 Å². The summed E-state index contributed by atoms with van der Waals surface area (Å²) in [5.74, 6) is 1.78. The summed E-state index contributed by atoms with van der Waals surface area (Å²) in [4.78, 5) is 0. The van der Waals surface area contributed by atoms with Gasteiger partial charge in [0.1, 0.15) is 11.5 Å². The lowest BCUT2D eigenvalue weighted by Crippen LogP contribution is -2.03. The molecule has 1 aromatic heterocycles. The number of benzene rings is 1. The predicted octanol–water partition coefficient (Wildman–Crippen LogP) is 4.05. The monoisotopic (exact) mass is 271 g/mol. The Hall–Kier alpha value is -0.960. The van der Waals surface area contributed by atoms with Crippen molar-refractivity contribution in [3.63, 3.8) is 0 Å². The van der Waals surface area contributed by atoms with Crippen LogP contribution in [0.2, 0.25) is 5.02 Å². The van der Waals surface area contributed by atoms with Gasteiger partial charge in [0.25, 0.3) is 0 Å². The Bertz CT molecular complexity index is 494. The van der Waals surface area contributed by atoms with Gasteiger partial charge in [0.2, 0.25) is 0 Å². The van der Waals surface area contributed by atoms with Crippen LogP contribution >= 0.6 is 24.0 Å². The van der Waals surface area contributed by atoms with Gasteiger partial charge in [-0.15, -0.1) is 12.4 Å². The minimum absolute atomic E-state index is 0. The smallest absolute Gasteiger partial charge is 0.134 e. The van der Waals surface area contributed by atoms with Crippen molar-refractivity contribution in [2.24, 2.45) is 0 Å². The van der Waals surface area contributed by atoms with Crippen LogP contribution in [0.4, 0.5) is 0 Å². The first-order valence-corrected chi connectivity index (χ1v) is 5.58. The van der Waals surface area contributed by atoms with Gasteiger partial charge in [-0.2, -0.15) is 0 Å². The molecule has 0 aliphatic rings. The van der Waals surface area contributed by atoms with Gasteiger partial charge in [0.05, 0.1) is 6.54 Å². The third-order valence-corrected chi connectivity index (χ3v) is 2.88. The van der Waals surface area contributed by atoms with Crippen LogP contribution in [0.25, 0.3) is 11.3 Å². The molecule has 1 heterocycles. The van der Waals surface area contributed by atoms with E-state index in [1.54, 1.807) is 0 Å². The molecular formula is C13H15Cl2NO. The minimum Gasteiger partial charge on any atom is -0.460 e. The topological polar surface area (TPSA) is 25.2 Å². The summed E-state index contributed by atoms with van der Waals surface area (Å²) in [6, 6.07) is 9.88. The SMILES string of the molecule is CNCc1ccc(-c2ccc(C)c(Cl)c2)o1.Cl. The molecule has 0 aliphatic heterocycles. The average molecular weight is 272 g/mol. The van der Waals surface area contributed by atoms with Gasteiger partial charge in [-0.25, -0.2) is 0 Å². The number of hydrogen-bond donors (Lipinski definition) is 1. The van der Waals surface area contributed by atoms with E-state index >= 15 is 0 Å². The third kappa shape index (κ3) is 3.25. The summed E-state index contributed by atoms with van der Waals surface area (Å²) in [7, 11) is 1.89. The van der Waals surface area contributed by atoms with Crippen molar-refractivity contribution in [1.82, 2.24) is 5.32 Å². The highest BCUT2D eigenvalue weighted by Crippen LogP contribution is 2.26. The van der Waals surface area contributed by atoms with Gasteiger partial charge < -0.3 is 9.73 Å². The molecule has 2 rings (SSSR count). The Morgan fingerprint density at radius 2 is 2.00 bits per heavy atom. The number of hydrogen-bond acceptors (Lipinski definition) is 2.